The third-order valence-corrected chi connectivity index (χ3v) is 5.76. The zero-order chi connectivity index (χ0) is 17.2. The van der Waals surface area contributed by atoms with Crippen LogP contribution in [0.2, 0.25) is 0 Å². The maximum absolute atomic E-state index is 13.1. The summed E-state index contributed by atoms with van der Waals surface area (Å²) in [4.78, 5) is 15.4. The molecule has 1 aromatic carbocycles. The molecule has 1 aliphatic heterocycles. The van der Waals surface area contributed by atoms with Gasteiger partial charge in [-0.25, -0.2) is 0 Å². The SMILES string of the molecule is C/C=C/CN1[C@H](C(=O)c2ccccc2)OC2CCCCC2C1(C)C. The fraction of sp³-hybridized carbons (Fsp3) is 0.571. The molecule has 1 aromatic rings. The van der Waals surface area contributed by atoms with E-state index < -0.39 is 6.23 Å². The molecule has 0 spiro atoms. The van der Waals surface area contributed by atoms with E-state index in [1.807, 2.05) is 43.3 Å². The minimum atomic E-state index is -0.488. The number of carbonyl (C=O) groups is 1. The first-order chi connectivity index (χ1) is 11.6. The summed E-state index contributed by atoms with van der Waals surface area (Å²) < 4.78 is 6.39. The molecule has 0 bridgehead atoms. The lowest BCUT2D eigenvalue weighted by Crippen LogP contribution is -2.66. The fourth-order valence-electron chi connectivity index (χ4n) is 4.32. The van der Waals surface area contributed by atoms with E-state index in [0.29, 0.717) is 5.92 Å². The molecule has 24 heavy (non-hydrogen) atoms. The smallest absolute Gasteiger partial charge is 0.206 e. The molecule has 0 aromatic heterocycles. The predicted molar refractivity (Wildman–Crippen MR) is 97.0 cm³/mol. The van der Waals surface area contributed by atoms with Crippen LogP contribution in [0.4, 0.5) is 0 Å². The average molecular weight is 327 g/mol. The van der Waals surface area contributed by atoms with Crippen LogP contribution >= 0.6 is 0 Å². The number of nitrogens with zero attached hydrogens (tertiary/aromatic N) is 1. The number of fused-ring (bicyclic) bond motifs is 1. The number of ether oxygens (including phenoxy) is 1. The van der Waals surface area contributed by atoms with E-state index >= 15 is 0 Å². The molecule has 1 aliphatic carbocycles. The first-order valence-corrected chi connectivity index (χ1v) is 9.18. The summed E-state index contributed by atoms with van der Waals surface area (Å²) >= 11 is 0. The van der Waals surface area contributed by atoms with Crippen LogP contribution in [0.1, 0.15) is 56.8 Å². The van der Waals surface area contributed by atoms with E-state index in [4.69, 9.17) is 4.74 Å². The molecule has 3 atom stereocenters. The van der Waals surface area contributed by atoms with Crippen molar-refractivity contribution in [1.82, 2.24) is 4.90 Å². The quantitative estimate of drug-likeness (QED) is 0.605. The first kappa shape index (κ1) is 17.4. The molecule has 3 nitrogen and oxygen atoms in total. The van der Waals surface area contributed by atoms with Gasteiger partial charge in [0.1, 0.15) is 0 Å². The van der Waals surface area contributed by atoms with Gasteiger partial charge in [0.25, 0.3) is 0 Å². The molecule has 1 heterocycles. The Bertz CT molecular complexity index is 593. The van der Waals surface area contributed by atoms with Crippen molar-refractivity contribution < 1.29 is 9.53 Å². The van der Waals surface area contributed by atoms with Crippen LogP contribution in [0, 0.1) is 5.92 Å². The highest BCUT2D eigenvalue weighted by atomic mass is 16.5. The van der Waals surface area contributed by atoms with Crippen molar-refractivity contribution >= 4 is 5.78 Å². The lowest BCUT2D eigenvalue weighted by Gasteiger charge is -2.56. The van der Waals surface area contributed by atoms with Crippen LogP contribution in [0.25, 0.3) is 0 Å². The molecular formula is C21H29NO2. The van der Waals surface area contributed by atoms with Crippen molar-refractivity contribution in [3.8, 4) is 0 Å². The number of Topliss-reactive ketones (excluding diaryl/α,β-unsaturated/α-hetero) is 1. The Labute approximate surface area is 145 Å². The maximum Gasteiger partial charge on any atom is 0.206 e. The van der Waals surface area contributed by atoms with Crippen molar-refractivity contribution in [2.24, 2.45) is 5.92 Å². The molecule has 3 heteroatoms. The Morgan fingerprint density at radius 2 is 1.96 bits per heavy atom. The Morgan fingerprint density at radius 1 is 1.25 bits per heavy atom. The van der Waals surface area contributed by atoms with Crippen LogP contribution in [-0.4, -0.2) is 35.1 Å². The standard InChI is InChI=1S/C21H29NO2/c1-4-5-15-22-20(19(23)16-11-7-6-8-12-16)24-18-14-10-9-13-17(18)21(22,2)3/h4-8,11-12,17-18,20H,9-10,13-15H2,1-3H3/b5-4+/t17?,18?,20-/m0/s1. The molecular weight excluding hydrogens is 298 g/mol. The second-order valence-corrected chi connectivity index (χ2v) is 7.52. The van der Waals surface area contributed by atoms with Crippen molar-refractivity contribution in [3.05, 3.63) is 48.0 Å². The number of allylic oxidation sites excluding steroid dienone is 1. The normalized spacial score (nSPS) is 30.2. The molecule has 0 N–H and O–H groups in total. The Balaban J connectivity index is 1.93. The fourth-order valence-corrected chi connectivity index (χ4v) is 4.32. The van der Waals surface area contributed by atoms with Crippen LogP contribution in [-0.2, 0) is 4.74 Å². The molecule has 2 fully saturated rings. The third-order valence-electron chi connectivity index (χ3n) is 5.76. The summed E-state index contributed by atoms with van der Waals surface area (Å²) in [6, 6.07) is 9.55. The largest absolute Gasteiger partial charge is 0.352 e. The summed E-state index contributed by atoms with van der Waals surface area (Å²) in [5.74, 6) is 0.577. The van der Waals surface area contributed by atoms with E-state index in [2.05, 4.69) is 24.8 Å². The van der Waals surface area contributed by atoms with Gasteiger partial charge in [0.15, 0.2) is 6.23 Å². The van der Waals surface area contributed by atoms with Crippen molar-refractivity contribution in [2.75, 3.05) is 6.54 Å². The highest BCUT2D eigenvalue weighted by Gasteiger charge is 2.51. The van der Waals surface area contributed by atoms with Crippen LogP contribution in [0.15, 0.2) is 42.5 Å². The number of hydrogen-bond acceptors (Lipinski definition) is 3. The minimum Gasteiger partial charge on any atom is -0.352 e. The summed E-state index contributed by atoms with van der Waals surface area (Å²) in [5.41, 5.74) is 0.691. The molecule has 3 rings (SSSR count). The molecule has 1 saturated carbocycles. The van der Waals surface area contributed by atoms with Gasteiger partial charge in [-0.1, -0.05) is 55.3 Å². The van der Waals surface area contributed by atoms with Crippen molar-refractivity contribution in [1.29, 1.82) is 0 Å². The van der Waals surface area contributed by atoms with Crippen molar-refractivity contribution in [2.45, 2.75) is 64.3 Å². The molecule has 2 aliphatic rings. The van der Waals surface area contributed by atoms with E-state index in [9.17, 15) is 4.79 Å². The summed E-state index contributed by atoms with van der Waals surface area (Å²) in [6.07, 6.45) is 8.62. The molecule has 1 saturated heterocycles. The molecule has 130 valence electrons. The minimum absolute atomic E-state index is 0.0437. The van der Waals surface area contributed by atoms with Gasteiger partial charge in [-0.3, -0.25) is 9.69 Å². The van der Waals surface area contributed by atoms with Crippen LogP contribution in [0.3, 0.4) is 0 Å². The van der Waals surface area contributed by atoms with Crippen LogP contribution in [0.5, 0.6) is 0 Å². The zero-order valence-corrected chi connectivity index (χ0v) is 15.1. The number of ketones is 1. The van der Waals surface area contributed by atoms with Gasteiger partial charge in [-0.05, 0) is 33.6 Å². The van der Waals surface area contributed by atoms with E-state index in [-0.39, 0.29) is 17.4 Å². The average Bonchev–Trinajstić information content (AvgIpc) is 2.61. The van der Waals surface area contributed by atoms with Gasteiger partial charge < -0.3 is 4.74 Å². The zero-order valence-electron chi connectivity index (χ0n) is 15.1. The summed E-state index contributed by atoms with van der Waals surface area (Å²) in [6.45, 7) is 7.34. The number of carbonyl (C=O) groups excluding carboxylic acids is 1. The first-order valence-electron chi connectivity index (χ1n) is 9.18. The monoisotopic (exact) mass is 327 g/mol. The number of benzene rings is 1. The topological polar surface area (TPSA) is 29.5 Å². The molecule has 2 unspecified atom stereocenters. The van der Waals surface area contributed by atoms with Gasteiger partial charge in [0, 0.05) is 23.6 Å². The third kappa shape index (κ3) is 3.20. The Morgan fingerprint density at radius 3 is 2.67 bits per heavy atom. The number of hydrogen-bond donors (Lipinski definition) is 0. The second-order valence-electron chi connectivity index (χ2n) is 7.52. The molecule has 0 amide bonds. The van der Waals surface area contributed by atoms with E-state index in [0.717, 1.165) is 18.5 Å². The second kappa shape index (κ2) is 7.20. The highest BCUT2D eigenvalue weighted by molar-refractivity contribution is 5.99. The number of rotatable bonds is 4. The molecule has 0 radical (unpaired) electrons. The Hall–Kier alpha value is -1.45. The van der Waals surface area contributed by atoms with E-state index in [1.165, 1.54) is 19.3 Å². The van der Waals surface area contributed by atoms with Gasteiger partial charge in [-0.2, -0.15) is 0 Å². The maximum atomic E-state index is 13.1. The van der Waals surface area contributed by atoms with Gasteiger partial charge >= 0.3 is 0 Å². The summed E-state index contributed by atoms with van der Waals surface area (Å²) in [5, 5.41) is 0. The predicted octanol–water partition coefficient (Wildman–Crippen LogP) is 4.44. The summed E-state index contributed by atoms with van der Waals surface area (Å²) in [7, 11) is 0. The lowest BCUT2D eigenvalue weighted by molar-refractivity contribution is -0.206. The Kier molecular flexibility index (Phi) is 5.21. The lowest BCUT2D eigenvalue weighted by atomic mass is 9.72. The van der Waals surface area contributed by atoms with Gasteiger partial charge in [-0.15, -0.1) is 0 Å². The van der Waals surface area contributed by atoms with Gasteiger partial charge in [0.2, 0.25) is 5.78 Å². The van der Waals surface area contributed by atoms with Gasteiger partial charge in [0.05, 0.1) is 6.10 Å². The van der Waals surface area contributed by atoms with Crippen molar-refractivity contribution in [3.63, 3.8) is 0 Å². The van der Waals surface area contributed by atoms with E-state index in [1.54, 1.807) is 0 Å². The highest BCUT2D eigenvalue weighted by Crippen LogP contribution is 2.43. The van der Waals surface area contributed by atoms with Crippen LogP contribution < -0.4 is 0 Å².